The van der Waals surface area contributed by atoms with Gasteiger partial charge in [-0.15, -0.1) is 0 Å². The number of amides is 2. The Bertz CT molecular complexity index is 1370. The Kier molecular flexibility index (Phi) is 10.0. The highest BCUT2D eigenvalue weighted by atomic mass is 35.5. The maximum Gasteiger partial charge on any atom is 0.264 e. The van der Waals surface area contributed by atoms with Crippen LogP contribution < -0.4 is 14.4 Å². The molecule has 3 aromatic carbocycles. The van der Waals surface area contributed by atoms with Crippen LogP contribution in [-0.4, -0.2) is 51.9 Å². The third-order valence-corrected chi connectivity index (χ3v) is 8.33. The normalized spacial score (nSPS) is 11.9. The van der Waals surface area contributed by atoms with Crippen LogP contribution in [0.15, 0.2) is 77.7 Å². The summed E-state index contributed by atoms with van der Waals surface area (Å²) in [6.45, 7) is 1.20. The lowest BCUT2D eigenvalue weighted by Crippen LogP contribution is -2.51. The number of hydrogen-bond donors (Lipinski definition) is 1. The Morgan fingerprint density at radius 3 is 2.21 bits per heavy atom. The molecule has 0 bridgehead atoms. The smallest absolute Gasteiger partial charge is 0.264 e. The number of likely N-dealkylation sites (N-methyl/N-ethyl adjacent to an activating group) is 1. The number of hydrogen-bond acceptors (Lipinski definition) is 5. The quantitative estimate of drug-likeness (QED) is 0.354. The van der Waals surface area contributed by atoms with Gasteiger partial charge in [0.2, 0.25) is 11.8 Å². The van der Waals surface area contributed by atoms with Gasteiger partial charge in [-0.1, -0.05) is 54.4 Å². The lowest BCUT2D eigenvalue weighted by molar-refractivity contribution is -0.140. The van der Waals surface area contributed by atoms with Crippen LogP contribution in [0.3, 0.4) is 0 Å². The van der Waals surface area contributed by atoms with Gasteiger partial charge in [0, 0.05) is 23.6 Å². The summed E-state index contributed by atoms with van der Waals surface area (Å²) in [7, 11) is -1.20. The topological polar surface area (TPSA) is 96.0 Å². The summed E-state index contributed by atoms with van der Waals surface area (Å²) in [6, 6.07) is 18.2. The lowest BCUT2D eigenvalue weighted by Gasteiger charge is -2.33. The van der Waals surface area contributed by atoms with Gasteiger partial charge in [0.05, 0.1) is 17.7 Å². The fourth-order valence-electron chi connectivity index (χ4n) is 3.92. The SMILES string of the molecule is CCC(C(=O)NC)N(Cc1ccc(Cl)cc1Cl)C(=O)CN(c1ccccc1)S(=O)(=O)c1ccc(OC)cc1. The second-order valence-corrected chi connectivity index (χ2v) is 11.0. The van der Waals surface area contributed by atoms with Gasteiger partial charge < -0.3 is 15.0 Å². The zero-order valence-electron chi connectivity index (χ0n) is 21.2. The Labute approximate surface area is 233 Å². The molecule has 0 aromatic heterocycles. The van der Waals surface area contributed by atoms with Gasteiger partial charge in [0.15, 0.2) is 0 Å². The molecule has 0 fully saturated rings. The van der Waals surface area contributed by atoms with Crippen LogP contribution in [0.2, 0.25) is 10.0 Å². The van der Waals surface area contributed by atoms with Crippen LogP contribution in [-0.2, 0) is 26.2 Å². The van der Waals surface area contributed by atoms with Crippen LogP contribution in [0.4, 0.5) is 5.69 Å². The zero-order chi connectivity index (χ0) is 27.9. The van der Waals surface area contributed by atoms with Gasteiger partial charge in [-0.3, -0.25) is 13.9 Å². The fraction of sp³-hybridized carbons (Fsp3) is 0.259. The zero-order valence-corrected chi connectivity index (χ0v) is 23.6. The maximum atomic E-state index is 13.9. The van der Waals surface area contributed by atoms with E-state index in [1.807, 2.05) is 0 Å². The average Bonchev–Trinajstić information content (AvgIpc) is 2.92. The molecule has 2 amide bonds. The lowest BCUT2D eigenvalue weighted by atomic mass is 10.1. The molecule has 8 nitrogen and oxygen atoms in total. The second-order valence-electron chi connectivity index (χ2n) is 8.32. The number of carbonyl (C=O) groups is 2. The first-order valence-electron chi connectivity index (χ1n) is 11.8. The molecule has 1 atom stereocenters. The van der Waals surface area contributed by atoms with Gasteiger partial charge in [0.25, 0.3) is 10.0 Å². The number of methoxy groups -OCH3 is 1. The van der Waals surface area contributed by atoms with Crippen LogP contribution in [0.5, 0.6) is 5.75 Å². The second kappa shape index (κ2) is 13.0. The Morgan fingerprint density at radius 1 is 1.00 bits per heavy atom. The van der Waals surface area contributed by atoms with Gasteiger partial charge in [-0.05, 0) is 60.5 Å². The van der Waals surface area contributed by atoms with Crippen LogP contribution >= 0.6 is 23.2 Å². The van der Waals surface area contributed by atoms with Crippen LogP contribution in [0.25, 0.3) is 0 Å². The molecular formula is C27H29Cl2N3O5S. The third-order valence-electron chi connectivity index (χ3n) is 5.96. The highest BCUT2D eigenvalue weighted by Gasteiger charge is 2.33. The molecule has 3 aromatic rings. The average molecular weight is 579 g/mol. The van der Waals surface area contributed by atoms with Crippen molar-refractivity contribution in [3.05, 3.63) is 88.4 Å². The van der Waals surface area contributed by atoms with E-state index in [0.717, 1.165) is 4.31 Å². The molecule has 0 saturated carbocycles. The molecule has 0 aliphatic rings. The molecule has 0 heterocycles. The summed E-state index contributed by atoms with van der Waals surface area (Å²) >= 11 is 12.4. The van der Waals surface area contributed by atoms with E-state index in [-0.39, 0.29) is 17.3 Å². The summed E-state index contributed by atoms with van der Waals surface area (Å²) in [6.07, 6.45) is 0.299. The third kappa shape index (κ3) is 6.78. The summed E-state index contributed by atoms with van der Waals surface area (Å²) in [5.74, 6) is -0.462. The predicted octanol–water partition coefficient (Wildman–Crippen LogP) is 4.75. The van der Waals surface area contributed by atoms with E-state index in [9.17, 15) is 18.0 Å². The number of nitrogens with zero attached hydrogens (tertiary/aromatic N) is 2. The van der Waals surface area contributed by atoms with Crippen molar-refractivity contribution in [3.63, 3.8) is 0 Å². The maximum absolute atomic E-state index is 13.9. The molecule has 0 aliphatic heterocycles. The van der Waals surface area contributed by atoms with E-state index in [1.54, 1.807) is 55.5 Å². The molecule has 1 N–H and O–H groups in total. The van der Waals surface area contributed by atoms with Gasteiger partial charge in [-0.25, -0.2) is 8.42 Å². The number of anilines is 1. The highest BCUT2D eigenvalue weighted by molar-refractivity contribution is 7.92. The number of rotatable bonds is 11. The molecule has 0 spiro atoms. The van der Waals surface area contributed by atoms with Crippen molar-refractivity contribution in [3.8, 4) is 5.75 Å². The number of para-hydroxylation sites is 1. The van der Waals surface area contributed by atoms with Crippen molar-refractivity contribution in [2.45, 2.75) is 30.8 Å². The monoisotopic (exact) mass is 577 g/mol. The van der Waals surface area contributed by atoms with Crippen LogP contribution in [0.1, 0.15) is 18.9 Å². The van der Waals surface area contributed by atoms with E-state index in [4.69, 9.17) is 27.9 Å². The minimum atomic E-state index is -4.17. The van der Waals surface area contributed by atoms with Gasteiger partial charge >= 0.3 is 0 Å². The van der Waals surface area contributed by atoms with E-state index < -0.39 is 28.5 Å². The minimum absolute atomic E-state index is 0.0133. The van der Waals surface area contributed by atoms with Crippen molar-refractivity contribution in [2.24, 2.45) is 0 Å². The summed E-state index contributed by atoms with van der Waals surface area (Å²) in [5, 5.41) is 3.34. The number of halogens is 2. The number of carbonyl (C=O) groups excluding carboxylic acids is 2. The standard InChI is InChI=1S/C27H29Cl2N3O5S/c1-4-25(27(34)30-2)31(17-19-10-11-20(28)16-24(19)29)26(33)18-32(21-8-6-5-7-9-21)38(35,36)23-14-12-22(37-3)13-15-23/h5-16,25H,4,17-18H2,1-3H3,(H,30,34). The van der Waals surface area contributed by atoms with E-state index in [0.29, 0.717) is 33.5 Å². The largest absolute Gasteiger partial charge is 0.497 e. The number of ether oxygens (including phenoxy) is 1. The first-order valence-corrected chi connectivity index (χ1v) is 14.0. The molecule has 3 rings (SSSR count). The van der Waals surface area contributed by atoms with E-state index in [2.05, 4.69) is 5.32 Å². The Hall–Kier alpha value is -3.27. The Balaban J connectivity index is 2.05. The molecule has 0 radical (unpaired) electrons. The molecular weight excluding hydrogens is 549 g/mol. The Morgan fingerprint density at radius 2 is 1.66 bits per heavy atom. The highest BCUT2D eigenvalue weighted by Crippen LogP contribution is 2.27. The first-order chi connectivity index (χ1) is 18.1. The van der Waals surface area contributed by atoms with Crippen LogP contribution in [0, 0.1) is 0 Å². The van der Waals surface area contributed by atoms with Crippen molar-refractivity contribution in [2.75, 3.05) is 25.0 Å². The van der Waals surface area contributed by atoms with Crippen molar-refractivity contribution in [1.82, 2.24) is 10.2 Å². The minimum Gasteiger partial charge on any atom is -0.497 e. The molecule has 38 heavy (non-hydrogen) atoms. The molecule has 1 unspecified atom stereocenters. The molecule has 11 heteroatoms. The molecule has 0 aliphatic carbocycles. The first kappa shape index (κ1) is 29.3. The van der Waals surface area contributed by atoms with Crippen molar-refractivity contribution < 1.29 is 22.7 Å². The summed E-state index contributed by atoms with van der Waals surface area (Å²) in [4.78, 5) is 27.9. The molecule has 0 saturated heterocycles. The summed E-state index contributed by atoms with van der Waals surface area (Å²) < 4.78 is 33.7. The molecule has 202 valence electrons. The van der Waals surface area contributed by atoms with E-state index in [1.165, 1.54) is 43.3 Å². The van der Waals surface area contributed by atoms with Gasteiger partial charge in [0.1, 0.15) is 18.3 Å². The van der Waals surface area contributed by atoms with Crippen molar-refractivity contribution >= 4 is 50.7 Å². The number of nitrogens with one attached hydrogen (secondary N) is 1. The van der Waals surface area contributed by atoms with Gasteiger partial charge in [-0.2, -0.15) is 0 Å². The summed E-state index contributed by atoms with van der Waals surface area (Å²) in [5.41, 5.74) is 0.866. The predicted molar refractivity (Wildman–Crippen MR) is 149 cm³/mol. The number of sulfonamides is 1. The van der Waals surface area contributed by atoms with E-state index >= 15 is 0 Å². The number of benzene rings is 3. The van der Waals surface area contributed by atoms with Crippen molar-refractivity contribution in [1.29, 1.82) is 0 Å². The fourth-order valence-corrected chi connectivity index (χ4v) is 5.80.